The molecule has 3 aromatic carbocycles. The summed E-state index contributed by atoms with van der Waals surface area (Å²) in [5.74, 6) is 1.16. The first kappa shape index (κ1) is 22.1. The Balaban J connectivity index is 1.44. The molecule has 174 valence electrons. The van der Waals surface area contributed by atoms with Crippen molar-refractivity contribution in [2.75, 3.05) is 0 Å². The quantitative estimate of drug-likeness (QED) is 0.346. The zero-order chi connectivity index (χ0) is 24.2. The van der Waals surface area contributed by atoms with E-state index in [4.69, 9.17) is 10.1 Å². The lowest BCUT2D eigenvalue weighted by Crippen LogP contribution is -2.05. The number of rotatable bonds is 8. The maximum atomic E-state index is 11.2. The minimum atomic E-state index is -0.953. The van der Waals surface area contributed by atoms with Crippen LogP contribution in [0.15, 0.2) is 72.8 Å². The summed E-state index contributed by atoms with van der Waals surface area (Å²) in [5.41, 5.74) is 5.15. The van der Waals surface area contributed by atoms with Crippen molar-refractivity contribution in [3.63, 3.8) is 0 Å². The Morgan fingerprint density at radius 1 is 0.943 bits per heavy atom. The summed E-state index contributed by atoms with van der Waals surface area (Å²) in [6.45, 7) is 2.63. The van der Waals surface area contributed by atoms with Crippen LogP contribution in [0.4, 0.5) is 0 Å². The van der Waals surface area contributed by atoms with Crippen LogP contribution in [0.5, 0.6) is 0 Å². The fraction of sp³-hybridized carbons (Fsp3) is 0.154. The van der Waals surface area contributed by atoms with Crippen molar-refractivity contribution in [3.05, 3.63) is 89.7 Å². The normalized spacial score (nSPS) is 11.0. The largest absolute Gasteiger partial charge is 0.478 e. The van der Waals surface area contributed by atoms with E-state index in [9.17, 15) is 9.90 Å². The molecule has 0 saturated heterocycles. The number of hydrogen-bond donors (Lipinski definition) is 2. The van der Waals surface area contributed by atoms with Crippen LogP contribution >= 0.6 is 0 Å². The van der Waals surface area contributed by atoms with E-state index < -0.39 is 5.97 Å². The Morgan fingerprint density at radius 2 is 1.66 bits per heavy atom. The van der Waals surface area contributed by atoms with E-state index in [-0.39, 0.29) is 5.56 Å². The number of carbonyl (C=O) groups is 1. The molecule has 5 rings (SSSR count). The van der Waals surface area contributed by atoms with E-state index >= 15 is 0 Å². The molecular formula is C26H23N7O2. The van der Waals surface area contributed by atoms with Crippen LogP contribution in [0.1, 0.15) is 35.1 Å². The van der Waals surface area contributed by atoms with Crippen molar-refractivity contribution >= 4 is 5.97 Å². The van der Waals surface area contributed by atoms with E-state index in [1.807, 2.05) is 28.9 Å². The molecule has 35 heavy (non-hydrogen) atoms. The third-order valence-electron chi connectivity index (χ3n) is 5.70. The molecule has 0 radical (unpaired) electrons. The number of aromatic amines is 1. The number of H-pyrrole nitrogens is 1. The van der Waals surface area contributed by atoms with Crippen molar-refractivity contribution in [1.29, 1.82) is 0 Å². The molecule has 0 amide bonds. The highest BCUT2D eigenvalue weighted by Gasteiger charge is 2.14. The third kappa shape index (κ3) is 4.70. The molecular weight excluding hydrogens is 442 g/mol. The van der Waals surface area contributed by atoms with E-state index in [0.29, 0.717) is 12.4 Å². The lowest BCUT2D eigenvalue weighted by molar-refractivity contribution is 0.0697. The number of aromatic nitrogens is 7. The topological polar surface area (TPSA) is 122 Å². The molecule has 0 spiro atoms. The molecule has 0 unspecified atom stereocenters. The summed E-state index contributed by atoms with van der Waals surface area (Å²) < 4.78 is 1.88. The summed E-state index contributed by atoms with van der Waals surface area (Å²) >= 11 is 0. The van der Waals surface area contributed by atoms with Crippen LogP contribution < -0.4 is 0 Å². The molecule has 9 heteroatoms. The third-order valence-corrected chi connectivity index (χ3v) is 5.70. The van der Waals surface area contributed by atoms with Crippen molar-refractivity contribution in [1.82, 2.24) is 35.4 Å². The monoisotopic (exact) mass is 465 g/mol. The number of benzene rings is 3. The predicted molar refractivity (Wildman–Crippen MR) is 131 cm³/mol. The van der Waals surface area contributed by atoms with Crippen LogP contribution in [0, 0.1) is 0 Å². The van der Waals surface area contributed by atoms with Gasteiger partial charge in [0.2, 0.25) is 0 Å². The van der Waals surface area contributed by atoms with Gasteiger partial charge < -0.3 is 5.11 Å². The van der Waals surface area contributed by atoms with Crippen molar-refractivity contribution in [2.24, 2.45) is 0 Å². The summed E-state index contributed by atoms with van der Waals surface area (Å²) in [7, 11) is 0. The molecule has 0 saturated carbocycles. The van der Waals surface area contributed by atoms with E-state index in [1.165, 1.54) is 0 Å². The van der Waals surface area contributed by atoms with Crippen molar-refractivity contribution in [3.8, 4) is 33.9 Å². The van der Waals surface area contributed by atoms with Gasteiger partial charge in [-0.25, -0.2) is 19.6 Å². The maximum absolute atomic E-state index is 11.2. The Kier molecular flexibility index (Phi) is 6.13. The Hall–Kier alpha value is -4.66. The average Bonchev–Trinajstić information content (AvgIpc) is 3.55. The lowest BCUT2D eigenvalue weighted by Gasteiger charge is -2.10. The average molecular weight is 466 g/mol. The molecule has 0 aliphatic carbocycles. The van der Waals surface area contributed by atoms with Gasteiger partial charge in [-0.15, -0.1) is 5.10 Å². The van der Waals surface area contributed by atoms with Gasteiger partial charge >= 0.3 is 5.97 Å². The zero-order valence-corrected chi connectivity index (χ0v) is 19.1. The Bertz CT molecular complexity index is 1440. The molecule has 0 aliphatic rings. The van der Waals surface area contributed by atoms with Gasteiger partial charge in [0, 0.05) is 17.5 Å². The van der Waals surface area contributed by atoms with Gasteiger partial charge in [-0.05, 0) is 45.7 Å². The number of tetrazole rings is 1. The lowest BCUT2D eigenvalue weighted by atomic mass is 9.98. The molecule has 5 aromatic rings. The molecule has 0 bridgehead atoms. The van der Waals surface area contributed by atoms with Crippen molar-refractivity contribution in [2.45, 2.75) is 26.3 Å². The molecule has 2 N–H and O–H groups in total. The fourth-order valence-corrected chi connectivity index (χ4v) is 3.98. The van der Waals surface area contributed by atoms with Gasteiger partial charge in [0.15, 0.2) is 17.5 Å². The summed E-state index contributed by atoms with van der Waals surface area (Å²) in [6, 6.07) is 23.0. The van der Waals surface area contributed by atoms with E-state index in [0.717, 1.165) is 52.3 Å². The predicted octanol–water partition coefficient (Wildman–Crippen LogP) is 4.49. The highest BCUT2D eigenvalue weighted by molar-refractivity contribution is 5.88. The molecule has 0 fully saturated rings. The second-order valence-corrected chi connectivity index (χ2v) is 8.13. The number of nitrogens with zero attached hydrogens (tertiary/aromatic N) is 6. The summed E-state index contributed by atoms with van der Waals surface area (Å²) in [5, 5.41) is 28.2. The summed E-state index contributed by atoms with van der Waals surface area (Å²) in [6.07, 6.45) is 1.72. The SMILES string of the molecule is CCCc1nc(-c2ccc(C(=O)O)cc2)n(Cc2ccc(-c3ccccc3-c3nnn[nH]3)cc2)n1. The van der Waals surface area contributed by atoms with Crippen LogP contribution in [0.25, 0.3) is 33.9 Å². The maximum Gasteiger partial charge on any atom is 0.335 e. The van der Waals surface area contributed by atoms with Crippen LogP contribution in [-0.4, -0.2) is 46.5 Å². The highest BCUT2D eigenvalue weighted by atomic mass is 16.4. The first-order chi connectivity index (χ1) is 17.1. The van der Waals surface area contributed by atoms with Gasteiger partial charge in [-0.3, -0.25) is 0 Å². The van der Waals surface area contributed by atoms with Gasteiger partial charge in [-0.2, -0.15) is 5.10 Å². The number of aryl methyl sites for hydroxylation is 1. The van der Waals surface area contributed by atoms with Crippen LogP contribution in [0.3, 0.4) is 0 Å². The van der Waals surface area contributed by atoms with Gasteiger partial charge in [0.1, 0.15) is 0 Å². The highest BCUT2D eigenvalue weighted by Crippen LogP contribution is 2.30. The molecule has 2 aromatic heterocycles. The van der Waals surface area contributed by atoms with Gasteiger partial charge in [0.25, 0.3) is 0 Å². The number of nitrogens with one attached hydrogen (secondary N) is 1. The zero-order valence-electron chi connectivity index (χ0n) is 19.1. The molecule has 2 heterocycles. The Labute approximate surface area is 201 Å². The van der Waals surface area contributed by atoms with E-state index in [2.05, 4.69) is 51.8 Å². The van der Waals surface area contributed by atoms with Crippen LogP contribution in [-0.2, 0) is 13.0 Å². The second kappa shape index (κ2) is 9.68. The molecule has 9 nitrogen and oxygen atoms in total. The number of carboxylic acids is 1. The van der Waals surface area contributed by atoms with Crippen LogP contribution in [0.2, 0.25) is 0 Å². The molecule has 0 aliphatic heterocycles. The second-order valence-electron chi connectivity index (χ2n) is 8.13. The summed E-state index contributed by atoms with van der Waals surface area (Å²) in [4.78, 5) is 15.9. The minimum absolute atomic E-state index is 0.241. The standard InChI is InChI=1S/C26H23N7O2/c1-2-5-23-27-25(19-12-14-20(15-13-19)26(34)35)33(30-23)16-17-8-10-18(11-9-17)21-6-3-4-7-22(21)24-28-31-32-29-24/h3-4,6-15H,2,5,16H2,1H3,(H,34,35)(H,28,29,31,32). The first-order valence-electron chi connectivity index (χ1n) is 11.3. The number of carboxylic acid groups (broad SMARTS) is 1. The van der Waals surface area contributed by atoms with E-state index in [1.54, 1.807) is 24.3 Å². The fourth-order valence-electron chi connectivity index (χ4n) is 3.98. The minimum Gasteiger partial charge on any atom is -0.478 e. The van der Waals surface area contributed by atoms with Crippen molar-refractivity contribution < 1.29 is 9.90 Å². The Morgan fingerprint density at radius 3 is 2.31 bits per heavy atom. The smallest absolute Gasteiger partial charge is 0.335 e. The van der Waals surface area contributed by atoms with Gasteiger partial charge in [-0.1, -0.05) is 67.6 Å². The number of aromatic carboxylic acids is 1. The number of hydrogen-bond acceptors (Lipinski definition) is 6. The van der Waals surface area contributed by atoms with Gasteiger partial charge in [0.05, 0.1) is 12.1 Å². The first-order valence-corrected chi connectivity index (χ1v) is 11.3. The molecule has 0 atom stereocenters.